The molecule has 4 nitrogen and oxygen atoms in total. The maximum absolute atomic E-state index is 12.3. The van der Waals surface area contributed by atoms with Crippen molar-refractivity contribution < 1.29 is 14.7 Å². The number of aromatic carboxylic acids is 1. The summed E-state index contributed by atoms with van der Waals surface area (Å²) in [5.74, 6) is -0.834. The summed E-state index contributed by atoms with van der Waals surface area (Å²) in [7, 11) is 1.73. The van der Waals surface area contributed by atoms with Gasteiger partial charge in [0, 0.05) is 18.7 Å². The molecular weight excluding hydrogens is 242 g/mol. The highest BCUT2D eigenvalue weighted by Crippen LogP contribution is 2.23. The first-order valence-corrected chi connectivity index (χ1v) is 6.35. The standard InChI is InChI=1S/C15H17NO3/c1-16(14(17)11-5-3-2-4-6-11)13-9-7-12(8-10-13)15(18)19/h2-3,7-11H,4-6H2,1H3,(H,18,19). The molecule has 1 N–H and O–H groups in total. The first-order valence-electron chi connectivity index (χ1n) is 6.35. The van der Waals surface area contributed by atoms with Gasteiger partial charge in [-0.15, -0.1) is 0 Å². The lowest BCUT2D eigenvalue weighted by molar-refractivity contribution is -0.122. The lowest BCUT2D eigenvalue weighted by Crippen LogP contribution is -2.33. The first kappa shape index (κ1) is 13.3. The number of carbonyl (C=O) groups is 2. The van der Waals surface area contributed by atoms with Crippen LogP contribution in [0.4, 0.5) is 5.69 Å². The predicted octanol–water partition coefficient (Wildman–Crippen LogP) is 2.70. The van der Waals surface area contributed by atoms with Crippen LogP contribution < -0.4 is 4.90 Å². The minimum absolute atomic E-state index is 0.0363. The Morgan fingerprint density at radius 3 is 2.42 bits per heavy atom. The number of hydrogen-bond acceptors (Lipinski definition) is 2. The zero-order valence-corrected chi connectivity index (χ0v) is 10.9. The molecule has 0 spiro atoms. The van der Waals surface area contributed by atoms with Crippen molar-refractivity contribution in [2.75, 3.05) is 11.9 Å². The van der Waals surface area contributed by atoms with Crippen molar-refractivity contribution >= 4 is 17.6 Å². The normalized spacial score (nSPS) is 18.1. The van der Waals surface area contributed by atoms with E-state index in [2.05, 4.69) is 6.08 Å². The van der Waals surface area contributed by atoms with E-state index in [-0.39, 0.29) is 17.4 Å². The summed E-state index contributed by atoms with van der Waals surface area (Å²) in [5.41, 5.74) is 0.953. The lowest BCUT2D eigenvalue weighted by Gasteiger charge is -2.24. The van der Waals surface area contributed by atoms with Crippen molar-refractivity contribution in [1.29, 1.82) is 0 Å². The third kappa shape index (κ3) is 3.02. The molecule has 1 atom stereocenters. The fourth-order valence-corrected chi connectivity index (χ4v) is 2.25. The molecular formula is C15H17NO3. The molecule has 19 heavy (non-hydrogen) atoms. The molecule has 1 aliphatic rings. The van der Waals surface area contributed by atoms with Gasteiger partial charge in [0.2, 0.25) is 5.91 Å². The largest absolute Gasteiger partial charge is 0.478 e. The second-order valence-electron chi connectivity index (χ2n) is 4.73. The highest BCUT2D eigenvalue weighted by Gasteiger charge is 2.22. The monoisotopic (exact) mass is 259 g/mol. The van der Waals surface area contributed by atoms with E-state index in [0.29, 0.717) is 0 Å². The van der Waals surface area contributed by atoms with Crippen molar-refractivity contribution in [1.82, 2.24) is 0 Å². The van der Waals surface area contributed by atoms with Crippen molar-refractivity contribution in [2.24, 2.45) is 5.92 Å². The van der Waals surface area contributed by atoms with Crippen LogP contribution in [0.25, 0.3) is 0 Å². The minimum atomic E-state index is -0.960. The Labute approximate surface area is 112 Å². The van der Waals surface area contributed by atoms with Gasteiger partial charge >= 0.3 is 5.97 Å². The van der Waals surface area contributed by atoms with Crippen LogP contribution in [0.15, 0.2) is 36.4 Å². The SMILES string of the molecule is CN(C(=O)C1CC=CCC1)c1ccc(C(=O)O)cc1. The molecule has 0 fully saturated rings. The first-order chi connectivity index (χ1) is 9.09. The average molecular weight is 259 g/mol. The predicted molar refractivity (Wildman–Crippen MR) is 73.3 cm³/mol. The molecule has 4 heteroatoms. The summed E-state index contributed by atoms with van der Waals surface area (Å²) in [4.78, 5) is 24.7. The number of hydrogen-bond donors (Lipinski definition) is 1. The third-order valence-corrected chi connectivity index (χ3v) is 3.45. The summed E-state index contributed by atoms with van der Waals surface area (Å²) >= 11 is 0. The van der Waals surface area contributed by atoms with Crippen LogP contribution in [0, 0.1) is 5.92 Å². The average Bonchev–Trinajstić information content (AvgIpc) is 2.46. The number of benzene rings is 1. The summed E-state index contributed by atoms with van der Waals surface area (Å²) in [6.45, 7) is 0. The molecule has 1 unspecified atom stereocenters. The van der Waals surface area contributed by atoms with Crippen LogP contribution in [0.1, 0.15) is 29.6 Å². The second kappa shape index (κ2) is 5.69. The van der Waals surface area contributed by atoms with Gasteiger partial charge in [-0.05, 0) is 43.5 Å². The van der Waals surface area contributed by atoms with E-state index >= 15 is 0 Å². The summed E-state index contributed by atoms with van der Waals surface area (Å²) in [5, 5.41) is 8.84. The Morgan fingerprint density at radius 1 is 1.21 bits per heavy atom. The number of anilines is 1. The fraction of sp³-hybridized carbons (Fsp3) is 0.333. The molecule has 2 rings (SSSR count). The van der Waals surface area contributed by atoms with E-state index in [1.807, 2.05) is 6.08 Å². The van der Waals surface area contributed by atoms with Gasteiger partial charge in [-0.1, -0.05) is 12.2 Å². The van der Waals surface area contributed by atoms with Gasteiger partial charge in [0.05, 0.1) is 5.56 Å². The molecule has 0 aromatic heterocycles. The van der Waals surface area contributed by atoms with Crippen LogP contribution in [0.3, 0.4) is 0 Å². The van der Waals surface area contributed by atoms with Crippen LogP contribution in [0.2, 0.25) is 0 Å². The quantitative estimate of drug-likeness (QED) is 0.849. The number of amides is 1. The van der Waals surface area contributed by atoms with Crippen LogP contribution in [-0.2, 0) is 4.79 Å². The van der Waals surface area contributed by atoms with Crippen LogP contribution >= 0.6 is 0 Å². The number of nitrogens with zero attached hydrogens (tertiary/aromatic N) is 1. The lowest BCUT2D eigenvalue weighted by atomic mass is 9.93. The molecule has 0 radical (unpaired) electrons. The number of carboxylic acids is 1. The maximum atomic E-state index is 12.3. The van der Waals surface area contributed by atoms with E-state index < -0.39 is 5.97 Å². The summed E-state index contributed by atoms with van der Waals surface area (Å²) in [6.07, 6.45) is 6.77. The number of carbonyl (C=O) groups excluding carboxylic acids is 1. The topological polar surface area (TPSA) is 57.6 Å². The Balaban J connectivity index is 2.10. The Bertz CT molecular complexity index is 505. The van der Waals surface area contributed by atoms with Gasteiger partial charge in [-0.2, -0.15) is 0 Å². The van der Waals surface area contributed by atoms with Crippen molar-refractivity contribution in [3.8, 4) is 0 Å². The second-order valence-corrected chi connectivity index (χ2v) is 4.73. The zero-order valence-electron chi connectivity index (χ0n) is 10.9. The summed E-state index contributed by atoms with van der Waals surface area (Å²) in [6, 6.07) is 6.37. The molecule has 0 heterocycles. The minimum Gasteiger partial charge on any atom is -0.478 e. The van der Waals surface area contributed by atoms with Gasteiger partial charge in [-0.25, -0.2) is 4.79 Å². The molecule has 1 aromatic carbocycles. The smallest absolute Gasteiger partial charge is 0.335 e. The number of rotatable bonds is 3. The van der Waals surface area contributed by atoms with Gasteiger partial charge in [0.25, 0.3) is 0 Å². The fourth-order valence-electron chi connectivity index (χ4n) is 2.25. The van der Waals surface area contributed by atoms with E-state index in [9.17, 15) is 9.59 Å². The van der Waals surface area contributed by atoms with Gasteiger partial charge in [0.1, 0.15) is 0 Å². The van der Waals surface area contributed by atoms with Crippen LogP contribution in [-0.4, -0.2) is 24.0 Å². The molecule has 1 amide bonds. The Kier molecular flexibility index (Phi) is 4.00. The Hall–Kier alpha value is -2.10. The van der Waals surface area contributed by atoms with Crippen molar-refractivity contribution in [3.63, 3.8) is 0 Å². The molecule has 0 saturated heterocycles. The molecule has 100 valence electrons. The maximum Gasteiger partial charge on any atom is 0.335 e. The molecule has 0 bridgehead atoms. The number of allylic oxidation sites excluding steroid dienone is 2. The molecule has 1 aliphatic carbocycles. The van der Waals surface area contributed by atoms with Gasteiger partial charge in [0.15, 0.2) is 0 Å². The van der Waals surface area contributed by atoms with Crippen molar-refractivity contribution in [2.45, 2.75) is 19.3 Å². The highest BCUT2D eigenvalue weighted by atomic mass is 16.4. The van der Waals surface area contributed by atoms with E-state index in [4.69, 9.17) is 5.11 Å². The Morgan fingerprint density at radius 2 is 1.89 bits per heavy atom. The molecule has 0 saturated carbocycles. The van der Waals surface area contributed by atoms with Crippen LogP contribution in [0.5, 0.6) is 0 Å². The van der Waals surface area contributed by atoms with E-state index in [1.54, 1.807) is 24.1 Å². The number of carboxylic acid groups (broad SMARTS) is 1. The van der Waals surface area contributed by atoms with Gasteiger partial charge in [-0.3, -0.25) is 4.79 Å². The summed E-state index contributed by atoms with van der Waals surface area (Å²) < 4.78 is 0. The van der Waals surface area contributed by atoms with Crippen molar-refractivity contribution in [3.05, 3.63) is 42.0 Å². The zero-order chi connectivity index (χ0) is 13.8. The highest BCUT2D eigenvalue weighted by molar-refractivity contribution is 5.95. The molecule has 1 aromatic rings. The van der Waals surface area contributed by atoms with E-state index in [1.165, 1.54) is 12.1 Å². The molecule has 0 aliphatic heterocycles. The third-order valence-electron chi connectivity index (χ3n) is 3.45. The van der Waals surface area contributed by atoms with Gasteiger partial charge < -0.3 is 10.0 Å². The van der Waals surface area contributed by atoms with E-state index in [0.717, 1.165) is 24.9 Å².